The lowest BCUT2D eigenvalue weighted by Gasteiger charge is -2.22. The molecule has 0 spiro atoms. The summed E-state index contributed by atoms with van der Waals surface area (Å²) in [5, 5.41) is 3.51. The van der Waals surface area contributed by atoms with Crippen LogP contribution in [0, 0.1) is 0 Å². The Hall–Kier alpha value is -1.40. The summed E-state index contributed by atoms with van der Waals surface area (Å²) in [6.07, 6.45) is 1.27. The summed E-state index contributed by atoms with van der Waals surface area (Å²) in [7, 11) is 0. The average Bonchev–Trinajstić information content (AvgIpc) is 2.83. The van der Waals surface area contributed by atoms with Gasteiger partial charge >= 0.3 is 5.97 Å². The van der Waals surface area contributed by atoms with E-state index in [1.807, 2.05) is 0 Å². The Balaban J connectivity index is 2.37. The molecule has 2 rings (SSSR count). The van der Waals surface area contributed by atoms with Crippen LogP contribution in [0.2, 0.25) is 0 Å². The average molecular weight is 311 g/mol. The van der Waals surface area contributed by atoms with Crippen molar-refractivity contribution >= 4 is 28.2 Å². The smallest absolute Gasteiger partial charge is 0.341 e. The number of anilines is 1. The number of likely N-dealkylation sites (N-methyl/N-ethyl adjacent to an activating group) is 1. The Kier molecular flexibility index (Phi) is 5.36. The molecule has 0 radical (unpaired) electrons. The van der Waals surface area contributed by atoms with Crippen molar-refractivity contribution in [3.05, 3.63) is 16.0 Å². The first-order chi connectivity index (χ1) is 10.1. The summed E-state index contributed by atoms with van der Waals surface area (Å²) < 4.78 is 5.17. The molecule has 0 saturated heterocycles. The molecular weight excluding hydrogens is 288 g/mol. The number of thiophene rings is 1. The number of hydrogen-bond donors (Lipinski definition) is 2. The highest BCUT2D eigenvalue weighted by molar-refractivity contribution is 7.17. The topological polar surface area (TPSA) is 59.8 Å². The normalized spacial score (nSPS) is 17.2. The first kappa shape index (κ1) is 16.0. The van der Waals surface area contributed by atoms with Gasteiger partial charge in [0.15, 0.2) is 0 Å². The third kappa shape index (κ3) is 3.44. The molecule has 1 aliphatic rings. The lowest BCUT2D eigenvalue weighted by molar-refractivity contribution is -0.913. The van der Waals surface area contributed by atoms with Crippen molar-refractivity contribution in [1.82, 2.24) is 0 Å². The minimum atomic E-state index is -0.318. The van der Waals surface area contributed by atoms with Crippen molar-refractivity contribution in [1.29, 1.82) is 0 Å². The van der Waals surface area contributed by atoms with Gasteiger partial charge in [-0.3, -0.25) is 4.79 Å². The third-order valence-corrected chi connectivity index (χ3v) is 4.93. The van der Waals surface area contributed by atoms with E-state index in [9.17, 15) is 9.59 Å². The van der Waals surface area contributed by atoms with Gasteiger partial charge < -0.3 is 15.0 Å². The highest BCUT2D eigenvalue weighted by Crippen LogP contribution is 2.35. The van der Waals surface area contributed by atoms with E-state index in [2.05, 4.69) is 12.2 Å². The van der Waals surface area contributed by atoms with E-state index in [-0.39, 0.29) is 11.9 Å². The largest absolute Gasteiger partial charge is 0.462 e. The van der Waals surface area contributed by atoms with E-state index >= 15 is 0 Å². The molecule has 1 aromatic heterocycles. The number of amides is 1. The molecule has 1 unspecified atom stereocenters. The Morgan fingerprint density at radius 1 is 1.33 bits per heavy atom. The Morgan fingerprint density at radius 3 is 2.71 bits per heavy atom. The van der Waals surface area contributed by atoms with E-state index in [0.29, 0.717) is 23.6 Å². The van der Waals surface area contributed by atoms with E-state index < -0.39 is 0 Å². The van der Waals surface area contributed by atoms with Crippen LogP contribution >= 0.6 is 11.3 Å². The zero-order valence-electron chi connectivity index (χ0n) is 12.9. The van der Waals surface area contributed by atoms with Gasteiger partial charge in [-0.15, -0.1) is 11.3 Å². The number of esters is 1. The van der Waals surface area contributed by atoms with Crippen molar-refractivity contribution in [2.24, 2.45) is 0 Å². The minimum absolute atomic E-state index is 0.0705. The molecule has 0 aliphatic carbocycles. The zero-order chi connectivity index (χ0) is 15.4. The van der Waals surface area contributed by atoms with Gasteiger partial charge in [0.1, 0.15) is 11.5 Å². The van der Waals surface area contributed by atoms with E-state index in [1.165, 1.54) is 21.1 Å². The standard InChI is InChI=1S/C15H22N2O3S/c1-4-12(18)16-14-13(15(19)20-6-3)10-7-8-17(5-2)9-11(10)21-14/h4-9H2,1-3H3,(H,16,18)/p+1. The maximum Gasteiger partial charge on any atom is 0.341 e. The van der Waals surface area contributed by atoms with Crippen LogP contribution in [-0.2, 0) is 22.5 Å². The quantitative estimate of drug-likeness (QED) is 0.804. The van der Waals surface area contributed by atoms with Crippen LogP contribution in [0.4, 0.5) is 5.00 Å². The van der Waals surface area contributed by atoms with Gasteiger partial charge in [-0.1, -0.05) is 6.92 Å². The summed E-state index contributed by atoms with van der Waals surface area (Å²) in [6.45, 7) is 9.12. The van der Waals surface area contributed by atoms with Crippen molar-refractivity contribution in [3.8, 4) is 0 Å². The molecule has 1 atom stereocenters. The molecule has 5 nitrogen and oxygen atoms in total. The Morgan fingerprint density at radius 2 is 2.10 bits per heavy atom. The lowest BCUT2D eigenvalue weighted by atomic mass is 10.0. The Labute approximate surface area is 129 Å². The van der Waals surface area contributed by atoms with Crippen molar-refractivity contribution in [3.63, 3.8) is 0 Å². The second kappa shape index (κ2) is 7.04. The number of rotatable bonds is 5. The van der Waals surface area contributed by atoms with Crippen LogP contribution in [0.25, 0.3) is 0 Å². The molecule has 116 valence electrons. The summed E-state index contributed by atoms with van der Waals surface area (Å²) in [4.78, 5) is 26.6. The lowest BCUT2D eigenvalue weighted by Crippen LogP contribution is -3.11. The van der Waals surface area contributed by atoms with E-state index in [1.54, 1.807) is 13.8 Å². The van der Waals surface area contributed by atoms with Crippen LogP contribution in [-0.4, -0.2) is 31.6 Å². The fourth-order valence-electron chi connectivity index (χ4n) is 2.56. The van der Waals surface area contributed by atoms with Gasteiger partial charge in [-0.2, -0.15) is 0 Å². The molecule has 21 heavy (non-hydrogen) atoms. The third-order valence-electron chi connectivity index (χ3n) is 3.78. The van der Waals surface area contributed by atoms with Gasteiger partial charge in [-0.05, 0) is 19.4 Å². The van der Waals surface area contributed by atoms with Crippen LogP contribution in [0.3, 0.4) is 0 Å². The minimum Gasteiger partial charge on any atom is -0.462 e. The van der Waals surface area contributed by atoms with Crippen LogP contribution in [0.15, 0.2) is 0 Å². The molecule has 2 N–H and O–H groups in total. The fraction of sp³-hybridized carbons (Fsp3) is 0.600. The molecule has 0 aromatic carbocycles. The summed E-state index contributed by atoms with van der Waals surface area (Å²) in [5.74, 6) is -0.389. The number of fused-ring (bicyclic) bond motifs is 1. The van der Waals surface area contributed by atoms with Crippen molar-refractivity contribution < 1.29 is 19.2 Å². The molecular formula is C15H23N2O3S+. The molecule has 0 saturated carbocycles. The molecule has 1 aromatic rings. The van der Waals surface area contributed by atoms with Crippen LogP contribution in [0.5, 0.6) is 0 Å². The highest BCUT2D eigenvalue weighted by Gasteiger charge is 2.30. The van der Waals surface area contributed by atoms with E-state index in [0.717, 1.165) is 31.6 Å². The van der Waals surface area contributed by atoms with Gasteiger partial charge in [0.25, 0.3) is 0 Å². The SMILES string of the molecule is CCOC(=O)c1c(NC(=O)CC)sc2c1CC[NH+](CC)C2. The van der Waals surface area contributed by atoms with Gasteiger partial charge in [-0.25, -0.2) is 4.79 Å². The number of ether oxygens (including phenoxy) is 1. The number of quaternary nitrogens is 1. The first-order valence-electron chi connectivity index (χ1n) is 7.55. The fourth-order valence-corrected chi connectivity index (χ4v) is 3.88. The maximum atomic E-state index is 12.2. The molecule has 6 heteroatoms. The first-order valence-corrected chi connectivity index (χ1v) is 8.37. The van der Waals surface area contributed by atoms with Crippen molar-refractivity contribution in [2.75, 3.05) is 25.0 Å². The molecule has 1 amide bonds. The molecule has 2 heterocycles. The zero-order valence-corrected chi connectivity index (χ0v) is 13.7. The highest BCUT2D eigenvalue weighted by atomic mass is 32.1. The van der Waals surface area contributed by atoms with E-state index in [4.69, 9.17) is 4.74 Å². The van der Waals surface area contributed by atoms with Gasteiger partial charge in [0.2, 0.25) is 5.91 Å². The molecule has 0 fully saturated rings. The summed E-state index contributed by atoms with van der Waals surface area (Å²) >= 11 is 1.53. The Bertz CT molecular complexity index is 539. The summed E-state index contributed by atoms with van der Waals surface area (Å²) in [6, 6.07) is 0. The van der Waals surface area contributed by atoms with Gasteiger partial charge in [0, 0.05) is 12.8 Å². The maximum absolute atomic E-state index is 12.2. The number of carbonyl (C=O) groups excluding carboxylic acids is 2. The summed E-state index contributed by atoms with van der Waals surface area (Å²) in [5.41, 5.74) is 1.65. The second-order valence-corrected chi connectivity index (χ2v) is 6.22. The molecule has 1 aliphatic heterocycles. The number of hydrogen-bond acceptors (Lipinski definition) is 4. The van der Waals surface area contributed by atoms with Crippen molar-refractivity contribution in [2.45, 2.75) is 40.2 Å². The molecule has 0 bridgehead atoms. The van der Waals surface area contributed by atoms with Crippen LogP contribution in [0.1, 0.15) is 48.0 Å². The van der Waals surface area contributed by atoms with Crippen LogP contribution < -0.4 is 10.2 Å². The predicted molar refractivity (Wildman–Crippen MR) is 83.0 cm³/mol. The number of nitrogens with one attached hydrogen (secondary N) is 2. The van der Waals surface area contributed by atoms with Gasteiger partial charge in [0.05, 0.1) is 30.1 Å². The second-order valence-electron chi connectivity index (χ2n) is 5.11. The predicted octanol–water partition coefficient (Wildman–Crippen LogP) is 1.23. The number of carbonyl (C=O) groups is 2. The monoisotopic (exact) mass is 311 g/mol.